The number of fused-ring (bicyclic) bond motifs is 1. The summed E-state index contributed by atoms with van der Waals surface area (Å²) in [5.41, 5.74) is 2.37. The van der Waals surface area contributed by atoms with Crippen molar-refractivity contribution in [2.75, 3.05) is 12.4 Å². The summed E-state index contributed by atoms with van der Waals surface area (Å²) in [5.74, 6) is 0.625. The number of imidazole rings is 1. The van der Waals surface area contributed by atoms with Gasteiger partial charge in [0.1, 0.15) is 6.33 Å². The van der Waals surface area contributed by atoms with Gasteiger partial charge in [-0.25, -0.2) is 4.98 Å². The van der Waals surface area contributed by atoms with Crippen molar-refractivity contribution in [2.45, 2.75) is 0 Å². The van der Waals surface area contributed by atoms with E-state index < -0.39 is 0 Å². The van der Waals surface area contributed by atoms with E-state index in [2.05, 4.69) is 20.3 Å². The maximum Gasteiger partial charge on any atom is 0.226 e. The molecule has 0 bridgehead atoms. The van der Waals surface area contributed by atoms with Crippen LogP contribution >= 0.6 is 11.6 Å². The Balaban J connectivity index is 2.30. The molecule has 0 amide bonds. The molecule has 6 heteroatoms. The minimum absolute atomic E-state index is 0.199. The Morgan fingerprint density at radius 3 is 2.67 bits per heavy atom. The third kappa shape index (κ3) is 1.69. The van der Waals surface area contributed by atoms with Crippen molar-refractivity contribution in [1.82, 2.24) is 19.5 Å². The van der Waals surface area contributed by atoms with E-state index >= 15 is 0 Å². The Kier molecular flexibility index (Phi) is 2.60. The quantitative estimate of drug-likeness (QED) is 0.719. The van der Waals surface area contributed by atoms with Crippen molar-refractivity contribution < 1.29 is 0 Å². The van der Waals surface area contributed by atoms with E-state index in [1.807, 2.05) is 34.9 Å². The van der Waals surface area contributed by atoms with E-state index in [0.717, 1.165) is 5.69 Å². The zero-order valence-corrected chi connectivity index (χ0v) is 10.4. The topological polar surface area (TPSA) is 55.6 Å². The maximum absolute atomic E-state index is 5.92. The van der Waals surface area contributed by atoms with Crippen molar-refractivity contribution in [2.24, 2.45) is 0 Å². The highest BCUT2D eigenvalue weighted by Gasteiger charge is 2.12. The molecular weight excluding hydrogens is 250 g/mol. The monoisotopic (exact) mass is 259 g/mol. The van der Waals surface area contributed by atoms with Gasteiger partial charge in [0, 0.05) is 12.7 Å². The average Bonchev–Trinajstić information content (AvgIpc) is 2.82. The second kappa shape index (κ2) is 4.27. The molecule has 0 spiro atoms. The molecule has 2 heterocycles. The van der Waals surface area contributed by atoms with Crippen molar-refractivity contribution in [3.8, 4) is 5.69 Å². The van der Waals surface area contributed by atoms with Gasteiger partial charge in [0.25, 0.3) is 0 Å². The highest BCUT2D eigenvalue weighted by atomic mass is 35.5. The maximum atomic E-state index is 5.92. The molecule has 0 fully saturated rings. The summed E-state index contributed by atoms with van der Waals surface area (Å²) in [7, 11) is 1.78. The molecule has 0 saturated carbocycles. The average molecular weight is 260 g/mol. The lowest BCUT2D eigenvalue weighted by molar-refractivity contribution is 1.06. The fraction of sp³-hybridized carbons (Fsp3) is 0.0833. The zero-order chi connectivity index (χ0) is 12.5. The molecule has 18 heavy (non-hydrogen) atoms. The number of nitrogens with one attached hydrogen (secondary N) is 1. The Hall–Kier alpha value is -2.14. The number of rotatable bonds is 2. The molecule has 0 aliphatic carbocycles. The number of halogens is 1. The molecule has 2 aromatic heterocycles. The molecule has 0 unspecified atom stereocenters. The van der Waals surface area contributed by atoms with E-state index in [4.69, 9.17) is 11.6 Å². The number of anilines is 1. The molecule has 5 nitrogen and oxygen atoms in total. The number of benzene rings is 1. The predicted octanol–water partition coefficient (Wildman–Crippen LogP) is 2.51. The van der Waals surface area contributed by atoms with E-state index in [-0.39, 0.29) is 5.28 Å². The van der Waals surface area contributed by atoms with Crippen LogP contribution in [-0.4, -0.2) is 26.6 Å². The summed E-state index contributed by atoms with van der Waals surface area (Å²) in [6.07, 6.45) is 1.71. The van der Waals surface area contributed by atoms with Crippen LogP contribution < -0.4 is 5.32 Å². The molecule has 3 aromatic rings. The molecule has 90 valence electrons. The minimum Gasteiger partial charge on any atom is -0.371 e. The minimum atomic E-state index is 0.199. The molecular formula is C12H10ClN5. The van der Waals surface area contributed by atoms with Gasteiger partial charge >= 0.3 is 0 Å². The van der Waals surface area contributed by atoms with Gasteiger partial charge in [-0.2, -0.15) is 9.97 Å². The highest BCUT2D eigenvalue weighted by molar-refractivity contribution is 6.28. The first kappa shape index (κ1) is 11.0. The lowest BCUT2D eigenvalue weighted by Crippen LogP contribution is -1.98. The molecule has 0 radical (unpaired) electrons. The van der Waals surface area contributed by atoms with Crippen LogP contribution in [0.25, 0.3) is 16.9 Å². The smallest absolute Gasteiger partial charge is 0.226 e. The molecule has 0 saturated heterocycles. The lowest BCUT2D eigenvalue weighted by atomic mass is 10.3. The highest BCUT2D eigenvalue weighted by Crippen LogP contribution is 2.22. The Morgan fingerprint density at radius 2 is 1.94 bits per heavy atom. The largest absolute Gasteiger partial charge is 0.371 e. The van der Waals surface area contributed by atoms with Crippen LogP contribution in [0.2, 0.25) is 5.28 Å². The second-order valence-corrected chi connectivity index (χ2v) is 4.05. The van der Waals surface area contributed by atoms with Crippen molar-refractivity contribution >= 4 is 28.6 Å². The van der Waals surface area contributed by atoms with Crippen LogP contribution in [0.1, 0.15) is 0 Å². The first-order valence-corrected chi connectivity index (χ1v) is 5.81. The van der Waals surface area contributed by atoms with Gasteiger partial charge < -0.3 is 5.32 Å². The standard InChI is InChI=1S/C12H10ClN5/c1-14-10-9-11(17-12(13)16-10)18(7-15-9)8-5-3-2-4-6-8/h2-7H,1H3,(H,14,16,17). The Bertz CT molecular complexity index is 692. The van der Waals surface area contributed by atoms with Crippen molar-refractivity contribution in [1.29, 1.82) is 0 Å². The summed E-state index contributed by atoms with van der Waals surface area (Å²) < 4.78 is 1.88. The molecule has 3 rings (SSSR count). The van der Waals surface area contributed by atoms with Crippen LogP contribution in [0.15, 0.2) is 36.7 Å². The van der Waals surface area contributed by atoms with E-state index in [1.54, 1.807) is 13.4 Å². The number of nitrogens with zero attached hydrogens (tertiary/aromatic N) is 4. The Labute approximate surface area is 108 Å². The van der Waals surface area contributed by atoms with Gasteiger partial charge in [0.15, 0.2) is 17.0 Å². The number of aromatic nitrogens is 4. The molecule has 0 atom stereocenters. The summed E-state index contributed by atoms with van der Waals surface area (Å²) >= 11 is 5.92. The molecule has 0 aliphatic heterocycles. The third-order valence-electron chi connectivity index (χ3n) is 2.64. The zero-order valence-electron chi connectivity index (χ0n) is 9.63. The summed E-state index contributed by atoms with van der Waals surface area (Å²) in [6.45, 7) is 0. The first-order valence-electron chi connectivity index (χ1n) is 5.43. The predicted molar refractivity (Wildman–Crippen MR) is 71.2 cm³/mol. The van der Waals surface area contributed by atoms with E-state index in [9.17, 15) is 0 Å². The van der Waals surface area contributed by atoms with Gasteiger partial charge in [0.05, 0.1) is 0 Å². The normalized spacial score (nSPS) is 10.8. The number of para-hydroxylation sites is 1. The van der Waals surface area contributed by atoms with Crippen LogP contribution in [0.5, 0.6) is 0 Å². The fourth-order valence-electron chi connectivity index (χ4n) is 1.83. The van der Waals surface area contributed by atoms with Crippen molar-refractivity contribution in [3.63, 3.8) is 0 Å². The number of hydrogen-bond acceptors (Lipinski definition) is 4. The fourth-order valence-corrected chi connectivity index (χ4v) is 1.99. The SMILES string of the molecule is CNc1nc(Cl)nc2c1ncn2-c1ccccc1. The molecule has 0 aliphatic rings. The molecule has 1 aromatic carbocycles. The van der Waals surface area contributed by atoms with Gasteiger partial charge in [-0.1, -0.05) is 18.2 Å². The summed E-state index contributed by atoms with van der Waals surface area (Å²) in [6, 6.07) is 9.85. The number of hydrogen-bond donors (Lipinski definition) is 1. The lowest BCUT2D eigenvalue weighted by Gasteiger charge is -2.04. The summed E-state index contributed by atoms with van der Waals surface area (Å²) in [5, 5.41) is 3.16. The van der Waals surface area contributed by atoms with Crippen LogP contribution in [-0.2, 0) is 0 Å². The van der Waals surface area contributed by atoms with E-state index in [0.29, 0.717) is 17.0 Å². The Morgan fingerprint density at radius 1 is 1.17 bits per heavy atom. The van der Waals surface area contributed by atoms with Crippen LogP contribution in [0.4, 0.5) is 5.82 Å². The van der Waals surface area contributed by atoms with Gasteiger partial charge in [-0.05, 0) is 23.7 Å². The van der Waals surface area contributed by atoms with Gasteiger partial charge in [-0.3, -0.25) is 4.57 Å². The second-order valence-electron chi connectivity index (χ2n) is 3.71. The summed E-state index contributed by atoms with van der Waals surface area (Å²) in [4.78, 5) is 12.7. The van der Waals surface area contributed by atoms with Gasteiger partial charge in [-0.15, -0.1) is 0 Å². The first-order chi connectivity index (χ1) is 8.79. The molecule has 1 N–H and O–H groups in total. The third-order valence-corrected chi connectivity index (χ3v) is 2.81. The van der Waals surface area contributed by atoms with Crippen LogP contribution in [0.3, 0.4) is 0 Å². The van der Waals surface area contributed by atoms with E-state index in [1.165, 1.54) is 0 Å². The van der Waals surface area contributed by atoms with Crippen molar-refractivity contribution in [3.05, 3.63) is 41.9 Å². The van der Waals surface area contributed by atoms with Crippen LogP contribution in [0, 0.1) is 0 Å². The van der Waals surface area contributed by atoms with Gasteiger partial charge in [0.2, 0.25) is 5.28 Å².